The van der Waals surface area contributed by atoms with Crippen LogP contribution in [-0.4, -0.2) is 27.7 Å². The highest BCUT2D eigenvalue weighted by Gasteiger charge is 2.26. The van der Waals surface area contributed by atoms with Crippen LogP contribution >= 0.6 is 23.1 Å². The Morgan fingerprint density at radius 3 is 2.71 bits per heavy atom. The van der Waals surface area contributed by atoms with Crippen LogP contribution in [-0.2, 0) is 6.42 Å². The van der Waals surface area contributed by atoms with E-state index in [4.69, 9.17) is 0 Å². The van der Waals surface area contributed by atoms with Gasteiger partial charge < -0.3 is 5.11 Å². The topological polar surface area (TPSA) is 33.1 Å². The zero-order valence-corrected chi connectivity index (χ0v) is 10.1. The summed E-state index contributed by atoms with van der Waals surface area (Å²) in [6.45, 7) is 4.16. The number of thiazole rings is 1. The Labute approximate surface area is 92.8 Å². The highest BCUT2D eigenvalue weighted by Crippen LogP contribution is 2.29. The molecule has 0 spiro atoms. The van der Waals surface area contributed by atoms with Gasteiger partial charge in [-0.2, -0.15) is 11.8 Å². The summed E-state index contributed by atoms with van der Waals surface area (Å²) in [5, 5.41) is 10.9. The molecule has 1 aromatic heterocycles. The molecule has 1 aromatic rings. The molecule has 1 saturated heterocycles. The fourth-order valence-electron chi connectivity index (χ4n) is 1.63. The molecule has 1 aliphatic rings. The summed E-state index contributed by atoms with van der Waals surface area (Å²) in [7, 11) is 0. The molecule has 0 aromatic carbocycles. The van der Waals surface area contributed by atoms with Crippen molar-refractivity contribution in [1.29, 1.82) is 0 Å². The van der Waals surface area contributed by atoms with Gasteiger partial charge in [-0.25, -0.2) is 4.98 Å². The van der Waals surface area contributed by atoms with Crippen LogP contribution in [0.25, 0.3) is 0 Å². The van der Waals surface area contributed by atoms with Crippen LogP contribution in [0, 0.1) is 19.8 Å². The Morgan fingerprint density at radius 1 is 1.43 bits per heavy atom. The summed E-state index contributed by atoms with van der Waals surface area (Å²) in [4.78, 5) is 5.81. The van der Waals surface area contributed by atoms with Crippen molar-refractivity contribution in [2.24, 2.45) is 5.92 Å². The van der Waals surface area contributed by atoms with Gasteiger partial charge in [-0.3, -0.25) is 0 Å². The SMILES string of the molecule is Cc1nc(CC2CSCC2O)sc1C. The molecule has 1 aliphatic heterocycles. The van der Waals surface area contributed by atoms with E-state index in [-0.39, 0.29) is 6.10 Å². The second-order valence-electron chi connectivity index (χ2n) is 3.82. The van der Waals surface area contributed by atoms with Crippen molar-refractivity contribution < 1.29 is 5.11 Å². The lowest BCUT2D eigenvalue weighted by molar-refractivity contribution is 0.150. The van der Waals surface area contributed by atoms with Crippen LogP contribution in [0.15, 0.2) is 0 Å². The quantitative estimate of drug-likeness (QED) is 0.842. The second-order valence-corrected chi connectivity index (χ2v) is 6.18. The third kappa shape index (κ3) is 2.12. The van der Waals surface area contributed by atoms with E-state index in [9.17, 15) is 5.11 Å². The van der Waals surface area contributed by atoms with Gasteiger partial charge in [0.25, 0.3) is 0 Å². The molecule has 0 aliphatic carbocycles. The Bertz CT molecular complexity index is 304. The van der Waals surface area contributed by atoms with Crippen LogP contribution < -0.4 is 0 Å². The summed E-state index contributed by atoms with van der Waals surface area (Å²) >= 11 is 3.62. The molecule has 0 bridgehead atoms. The standard InChI is InChI=1S/C10H15NOS2/c1-6-7(2)14-10(11-6)3-8-4-13-5-9(8)12/h8-9,12H,3-5H2,1-2H3. The molecule has 2 rings (SSSR count). The zero-order chi connectivity index (χ0) is 10.1. The van der Waals surface area contributed by atoms with E-state index < -0.39 is 0 Å². The number of aryl methyl sites for hydroxylation is 2. The molecule has 78 valence electrons. The maximum Gasteiger partial charge on any atom is 0.0934 e. The van der Waals surface area contributed by atoms with Gasteiger partial charge in [-0.05, 0) is 19.6 Å². The first-order valence-corrected chi connectivity index (χ1v) is 6.82. The summed E-state index contributed by atoms with van der Waals surface area (Å²) in [5.74, 6) is 2.40. The highest BCUT2D eigenvalue weighted by molar-refractivity contribution is 7.99. The first-order valence-electron chi connectivity index (χ1n) is 4.85. The number of rotatable bonds is 2. The largest absolute Gasteiger partial charge is 0.392 e. The Hall–Kier alpha value is -0.0600. The lowest BCUT2D eigenvalue weighted by Crippen LogP contribution is -2.19. The van der Waals surface area contributed by atoms with Gasteiger partial charge in [-0.15, -0.1) is 11.3 Å². The molecule has 2 heterocycles. The van der Waals surface area contributed by atoms with Crippen LogP contribution in [0.5, 0.6) is 0 Å². The summed E-state index contributed by atoms with van der Waals surface area (Å²) in [6, 6.07) is 0. The summed E-state index contributed by atoms with van der Waals surface area (Å²) in [5.41, 5.74) is 1.14. The zero-order valence-electron chi connectivity index (χ0n) is 8.49. The molecule has 1 N–H and O–H groups in total. The minimum absolute atomic E-state index is 0.121. The number of aromatic nitrogens is 1. The van der Waals surface area contributed by atoms with Gasteiger partial charge in [-0.1, -0.05) is 0 Å². The maximum atomic E-state index is 9.68. The average molecular weight is 229 g/mol. The summed E-state index contributed by atoms with van der Waals surface area (Å²) < 4.78 is 0. The summed E-state index contributed by atoms with van der Waals surface area (Å²) in [6.07, 6.45) is 0.831. The van der Waals surface area contributed by atoms with Crippen molar-refractivity contribution in [3.8, 4) is 0 Å². The van der Waals surface area contributed by atoms with Crippen molar-refractivity contribution in [1.82, 2.24) is 4.98 Å². The molecule has 0 saturated carbocycles. The molecule has 14 heavy (non-hydrogen) atoms. The third-order valence-electron chi connectivity index (χ3n) is 2.67. The number of hydrogen-bond donors (Lipinski definition) is 1. The number of aliphatic hydroxyl groups is 1. The number of thioether (sulfide) groups is 1. The van der Waals surface area contributed by atoms with Crippen molar-refractivity contribution in [3.05, 3.63) is 15.6 Å². The van der Waals surface area contributed by atoms with E-state index >= 15 is 0 Å². The third-order valence-corrected chi connectivity index (χ3v) is 5.01. The fourth-order valence-corrected chi connectivity index (χ4v) is 3.95. The molecule has 4 heteroatoms. The highest BCUT2D eigenvalue weighted by atomic mass is 32.2. The Balaban J connectivity index is 2.03. The smallest absolute Gasteiger partial charge is 0.0934 e. The van der Waals surface area contributed by atoms with Gasteiger partial charge in [0, 0.05) is 23.0 Å². The van der Waals surface area contributed by atoms with Crippen molar-refractivity contribution in [2.45, 2.75) is 26.4 Å². The minimum Gasteiger partial charge on any atom is -0.392 e. The molecule has 0 radical (unpaired) electrons. The number of hydrogen-bond acceptors (Lipinski definition) is 4. The first kappa shape index (κ1) is 10.5. The molecule has 2 nitrogen and oxygen atoms in total. The van der Waals surface area contributed by atoms with E-state index in [0.29, 0.717) is 5.92 Å². The molecule has 0 amide bonds. The molecular weight excluding hydrogens is 214 g/mol. The lowest BCUT2D eigenvalue weighted by atomic mass is 10.0. The molecule has 2 unspecified atom stereocenters. The normalized spacial score (nSPS) is 27.1. The van der Waals surface area contributed by atoms with Gasteiger partial charge >= 0.3 is 0 Å². The minimum atomic E-state index is -0.121. The van der Waals surface area contributed by atoms with Crippen LogP contribution in [0.3, 0.4) is 0 Å². The predicted molar refractivity (Wildman–Crippen MR) is 62.1 cm³/mol. The van der Waals surface area contributed by atoms with E-state index in [1.165, 1.54) is 9.88 Å². The monoisotopic (exact) mass is 229 g/mol. The van der Waals surface area contributed by atoms with Crippen LogP contribution in [0.2, 0.25) is 0 Å². The van der Waals surface area contributed by atoms with E-state index in [1.54, 1.807) is 11.3 Å². The Morgan fingerprint density at radius 2 is 2.21 bits per heavy atom. The lowest BCUT2D eigenvalue weighted by Gasteiger charge is -2.10. The van der Waals surface area contributed by atoms with Gasteiger partial charge in [0.2, 0.25) is 0 Å². The predicted octanol–water partition coefficient (Wildman–Crippen LogP) is 2.03. The molecule has 2 atom stereocenters. The Kier molecular flexibility index (Phi) is 3.14. The van der Waals surface area contributed by atoms with Crippen molar-refractivity contribution in [2.75, 3.05) is 11.5 Å². The van der Waals surface area contributed by atoms with Gasteiger partial charge in [0.1, 0.15) is 0 Å². The van der Waals surface area contributed by atoms with Crippen molar-refractivity contribution in [3.63, 3.8) is 0 Å². The van der Waals surface area contributed by atoms with Gasteiger partial charge in [0.15, 0.2) is 0 Å². The maximum absolute atomic E-state index is 9.68. The first-order chi connectivity index (χ1) is 6.66. The number of aliphatic hydroxyl groups excluding tert-OH is 1. The van der Waals surface area contributed by atoms with E-state index in [0.717, 1.165) is 23.6 Å². The number of nitrogens with zero attached hydrogens (tertiary/aromatic N) is 1. The average Bonchev–Trinajstić information content (AvgIpc) is 2.63. The second kappa shape index (κ2) is 4.21. The molecular formula is C10H15NOS2. The van der Waals surface area contributed by atoms with E-state index in [1.807, 2.05) is 11.8 Å². The van der Waals surface area contributed by atoms with Crippen molar-refractivity contribution >= 4 is 23.1 Å². The van der Waals surface area contributed by atoms with E-state index in [2.05, 4.69) is 18.8 Å². The molecule has 1 fully saturated rings. The van der Waals surface area contributed by atoms with Crippen LogP contribution in [0.4, 0.5) is 0 Å². The van der Waals surface area contributed by atoms with Gasteiger partial charge in [0.05, 0.1) is 16.8 Å². The van der Waals surface area contributed by atoms with Crippen LogP contribution in [0.1, 0.15) is 15.6 Å². The fraction of sp³-hybridized carbons (Fsp3) is 0.700.